The van der Waals surface area contributed by atoms with Crippen molar-refractivity contribution in [1.82, 2.24) is 4.90 Å². The molecule has 82 valence electrons. The molecule has 3 rings (SSSR count). The van der Waals surface area contributed by atoms with Crippen LogP contribution in [0.1, 0.15) is 40.5 Å². The predicted octanol–water partition coefficient (Wildman–Crippen LogP) is 3.01. The first-order valence-electron chi connectivity index (χ1n) is 6.32. The summed E-state index contributed by atoms with van der Waals surface area (Å²) < 4.78 is 0. The van der Waals surface area contributed by atoms with Gasteiger partial charge >= 0.3 is 0 Å². The van der Waals surface area contributed by atoms with Gasteiger partial charge in [-0.2, -0.15) is 0 Å². The summed E-state index contributed by atoms with van der Waals surface area (Å²) in [5, 5.41) is 0. The van der Waals surface area contributed by atoms with Crippen molar-refractivity contribution in [2.75, 3.05) is 13.1 Å². The largest absolute Gasteiger partial charge is 0.300 e. The average molecular weight is 195 g/mol. The Morgan fingerprint density at radius 1 is 1.14 bits per heavy atom. The molecule has 0 spiro atoms. The van der Waals surface area contributed by atoms with Crippen LogP contribution in [0.25, 0.3) is 0 Å². The lowest BCUT2D eigenvalue weighted by Gasteiger charge is -2.38. The van der Waals surface area contributed by atoms with Gasteiger partial charge in [0, 0.05) is 19.1 Å². The molecule has 0 radical (unpaired) electrons. The number of hydrogen-bond acceptors (Lipinski definition) is 1. The smallest absolute Gasteiger partial charge is 0.0130 e. The molecule has 0 amide bonds. The van der Waals surface area contributed by atoms with Crippen molar-refractivity contribution < 1.29 is 0 Å². The molecule has 2 bridgehead atoms. The first-order valence-corrected chi connectivity index (χ1v) is 6.32. The zero-order valence-electron chi connectivity index (χ0n) is 10.2. The third kappa shape index (κ3) is 1.84. The van der Waals surface area contributed by atoms with Gasteiger partial charge in [-0.1, -0.05) is 27.7 Å². The van der Waals surface area contributed by atoms with E-state index in [1.165, 1.54) is 25.9 Å². The summed E-state index contributed by atoms with van der Waals surface area (Å²) in [5.41, 5.74) is 0. The third-order valence-corrected chi connectivity index (χ3v) is 3.93. The lowest BCUT2D eigenvalue weighted by atomic mass is 9.70. The van der Waals surface area contributed by atoms with Crippen LogP contribution in [0.4, 0.5) is 0 Å². The van der Waals surface area contributed by atoms with E-state index in [0.717, 1.165) is 29.7 Å². The lowest BCUT2D eigenvalue weighted by molar-refractivity contribution is 0.126. The van der Waals surface area contributed by atoms with E-state index in [1.54, 1.807) is 0 Å². The van der Waals surface area contributed by atoms with Gasteiger partial charge in [-0.3, -0.25) is 4.90 Å². The van der Waals surface area contributed by atoms with Crippen LogP contribution in [-0.4, -0.2) is 24.0 Å². The van der Waals surface area contributed by atoms with Crippen LogP contribution in [0.2, 0.25) is 0 Å². The topological polar surface area (TPSA) is 3.24 Å². The molecule has 0 aromatic heterocycles. The second-order valence-corrected chi connectivity index (χ2v) is 6.20. The average Bonchev–Trinajstić information content (AvgIpc) is 2.55. The molecule has 0 aromatic carbocycles. The Balaban J connectivity index is 1.85. The van der Waals surface area contributed by atoms with Gasteiger partial charge in [0.1, 0.15) is 0 Å². The van der Waals surface area contributed by atoms with Crippen LogP contribution in [0.5, 0.6) is 0 Å². The van der Waals surface area contributed by atoms with Gasteiger partial charge < -0.3 is 0 Å². The number of hydrogen-bond donors (Lipinski definition) is 0. The molecule has 1 aliphatic carbocycles. The molecule has 3 fully saturated rings. The first kappa shape index (κ1) is 10.5. The third-order valence-electron chi connectivity index (χ3n) is 3.93. The van der Waals surface area contributed by atoms with Crippen molar-refractivity contribution >= 4 is 0 Å². The maximum absolute atomic E-state index is 2.75. The Hall–Kier alpha value is -0.0400. The van der Waals surface area contributed by atoms with Crippen molar-refractivity contribution in [3.8, 4) is 0 Å². The van der Waals surface area contributed by atoms with Crippen LogP contribution >= 0.6 is 0 Å². The zero-order chi connectivity index (χ0) is 10.3. The second-order valence-electron chi connectivity index (χ2n) is 6.20. The summed E-state index contributed by atoms with van der Waals surface area (Å²) in [6.07, 6.45) is 2.97. The molecule has 0 aromatic rings. The van der Waals surface area contributed by atoms with Gasteiger partial charge in [0.25, 0.3) is 0 Å². The molecule has 3 atom stereocenters. The highest BCUT2D eigenvalue weighted by Crippen LogP contribution is 2.49. The van der Waals surface area contributed by atoms with E-state index < -0.39 is 0 Å². The van der Waals surface area contributed by atoms with Gasteiger partial charge in [0.15, 0.2) is 0 Å². The van der Waals surface area contributed by atoms with Crippen LogP contribution in [-0.2, 0) is 0 Å². The Kier molecular flexibility index (Phi) is 2.88. The molecule has 2 saturated heterocycles. The van der Waals surface area contributed by atoms with Crippen LogP contribution in [0.3, 0.4) is 0 Å². The minimum absolute atomic E-state index is 0.842. The number of nitrogens with zero attached hydrogens (tertiary/aromatic N) is 1. The van der Waals surface area contributed by atoms with E-state index in [1.807, 2.05) is 0 Å². The highest BCUT2D eigenvalue weighted by atomic mass is 15.2. The van der Waals surface area contributed by atoms with E-state index in [0.29, 0.717) is 0 Å². The maximum Gasteiger partial charge on any atom is 0.0130 e. The minimum Gasteiger partial charge on any atom is -0.300 e. The van der Waals surface area contributed by atoms with E-state index in [-0.39, 0.29) is 0 Å². The summed E-state index contributed by atoms with van der Waals surface area (Å²) in [7, 11) is 0. The highest BCUT2D eigenvalue weighted by Gasteiger charge is 2.51. The Morgan fingerprint density at radius 2 is 1.86 bits per heavy atom. The van der Waals surface area contributed by atoms with Crippen molar-refractivity contribution in [2.45, 2.75) is 46.6 Å². The Morgan fingerprint density at radius 3 is 2.43 bits per heavy atom. The molecule has 1 nitrogen and oxygen atoms in total. The summed E-state index contributed by atoms with van der Waals surface area (Å²) in [6, 6.07) is 0.963. The van der Waals surface area contributed by atoms with E-state index >= 15 is 0 Å². The van der Waals surface area contributed by atoms with Gasteiger partial charge in [-0.15, -0.1) is 0 Å². The fourth-order valence-corrected chi connectivity index (χ4v) is 3.42. The number of rotatable bonds is 4. The molecular formula is C13H25N. The quantitative estimate of drug-likeness (QED) is 0.666. The molecule has 1 heteroatoms. The van der Waals surface area contributed by atoms with E-state index in [2.05, 4.69) is 32.6 Å². The van der Waals surface area contributed by atoms with Crippen molar-refractivity contribution in [3.05, 3.63) is 0 Å². The number of fused-ring (bicyclic) bond motifs is 1. The molecule has 1 saturated carbocycles. The van der Waals surface area contributed by atoms with E-state index in [4.69, 9.17) is 0 Å². The van der Waals surface area contributed by atoms with Gasteiger partial charge in [-0.05, 0) is 36.5 Å². The fourth-order valence-electron chi connectivity index (χ4n) is 3.42. The van der Waals surface area contributed by atoms with Gasteiger partial charge in [0.2, 0.25) is 0 Å². The second kappa shape index (κ2) is 3.84. The van der Waals surface area contributed by atoms with Gasteiger partial charge in [0.05, 0.1) is 0 Å². The summed E-state index contributed by atoms with van der Waals surface area (Å²) in [5.74, 6) is 3.84. The molecule has 3 aliphatic rings. The van der Waals surface area contributed by atoms with Crippen LogP contribution in [0.15, 0.2) is 0 Å². The van der Waals surface area contributed by atoms with Crippen LogP contribution < -0.4 is 0 Å². The zero-order valence-corrected chi connectivity index (χ0v) is 10.2. The van der Waals surface area contributed by atoms with Crippen molar-refractivity contribution in [1.29, 1.82) is 0 Å². The lowest BCUT2D eigenvalue weighted by Crippen LogP contribution is -2.40. The molecular weight excluding hydrogens is 170 g/mol. The molecule has 3 unspecified atom stereocenters. The fraction of sp³-hybridized carbons (Fsp3) is 1.00. The minimum atomic E-state index is 0.842. The molecule has 14 heavy (non-hydrogen) atoms. The monoisotopic (exact) mass is 195 g/mol. The summed E-state index contributed by atoms with van der Waals surface area (Å²) in [6.45, 7) is 12.1. The molecule has 2 aliphatic heterocycles. The van der Waals surface area contributed by atoms with Crippen molar-refractivity contribution in [2.24, 2.45) is 23.7 Å². The summed E-state index contributed by atoms with van der Waals surface area (Å²) in [4.78, 5) is 2.75. The SMILES string of the molecule is CC(C)CC1C2CC1N(CC(C)C)C2. The van der Waals surface area contributed by atoms with Crippen LogP contribution in [0, 0.1) is 23.7 Å². The first-order chi connectivity index (χ1) is 6.58. The van der Waals surface area contributed by atoms with Crippen molar-refractivity contribution in [3.63, 3.8) is 0 Å². The Bertz CT molecular complexity index is 185. The van der Waals surface area contributed by atoms with Gasteiger partial charge in [-0.25, -0.2) is 0 Å². The normalized spacial score (nSPS) is 36.9. The Labute approximate surface area is 88.9 Å². The predicted molar refractivity (Wildman–Crippen MR) is 61.3 cm³/mol. The molecule has 2 heterocycles. The van der Waals surface area contributed by atoms with E-state index in [9.17, 15) is 0 Å². The highest BCUT2D eigenvalue weighted by molar-refractivity contribution is 5.04. The summed E-state index contributed by atoms with van der Waals surface area (Å²) >= 11 is 0. The molecule has 0 N–H and O–H groups in total. The standard InChI is InChI=1S/C13H25N/c1-9(2)5-12-11-6-13(12)14(8-11)7-10(3)4/h9-13H,5-8H2,1-4H3. The maximum atomic E-state index is 2.75.